The molecule has 316 valence electrons. The van der Waals surface area contributed by atoms with Gasteiger partial charge >= 0.3 is 20.5 Å². The molecule has 0 unspecified atom stereocenters. The number of allylic oxidation sites excluding steroid dienone is 1. The highest BCUT2D eigenvalue weighted by Crippen LogP contribution is 2.26. The molecule has 2 aliphatic heterocycles. The van der Waals surface area contributed by atoms with Crippen molar-refractivity contribution in [2.45, 2.75) is 130 Å². The molecular formula is C39H72N2O11Si3. The quantitative estimate of drug-likeness (QED) is 0.0312. The topological polar surface area (TPSA) is 147 Å². The fourth-order valence-corrected chi connectivity index (χ4v) is 20.3. The second-order valence-electron chi connectivity index (χ2n) is 15.1. The van der Waals surface area contributed by atoms with Gasteiger partial charge in [-0.25, -0.2) is 0 Å². The Kier molecular flexibility index (Phi) is 25.6. The molecule has 0 saturated carbocycles. The van der Waals surface area contributed by atoms with Crippen molar-refractivity contribution in [3.8, 4) is 0 Å². The number of hydrogen-bond donors (Lipinski definition) is 0. The van der Waals surface area contributed by atoms with Crippen molar-refractivity contribution in [3.05, 3.63) is 36.6 Å². The van der Waals surface area contributed by atoms with Gasteiger partial charge in [0.05, 0.1) is 13.2 Å². The summed E-state index contributed by atoms with van der Waals surface area (Å²) in [6.07, 6.45) is 12.6. The summed E-state index contributed by atoms with van der Waals surface area (Å²) in [5.41, 5.74) is 0.718. The van der Waals surface area contributed by atoms with E-state index >= 15 is 0 Å². The zero-order valence-corrected chi connectivity index (χ0v) is 36.0. The Labute approximate surface area is 334 Å². The Morgan fingerprint density at radius 2 is 0.945 bits per heavy atom. The normalized spacial score (nSPS) is 14.4. The first-order valence-electron chi connectivity index (χ1n) is 19.1. The van der Waals surface area contributed by atoms with Crippen molar-refractivity contribution in [1.29, 1.82) is 0 Å². The first-order valence-corrected chi connectivity index (χ1v) is 28.1. The Morgan fingerprint density at radius 1 is 0.545 bits per heavy atom. The molecule has 2 heterocycles. The first kappa shape index (κ1) is 52.3. The van der Waals surface area contributed by atoms with E-state index in [0.717, 1.165) is 56.3 Å². The van der Waals surface area contributed by atoms with Gasteiger partial charge in [0.1, 0.15) is 13.2 Å². The predicted octanol–water partition coefficient (Wildman–Crippen LogP) is 7.26. The van der Waals surface area contributed by atoms with Crippen LogP contribution >= 0.6 is 0 Å². The third-order valence-electron chi connectivity index (χ3n) is 8.62. The zero-order chi connectivity index (χ0) is 39.3. The molecule has 0 bridgehead atoms. The van der Waals surface area contributed by atoms with Crippen molar-refractivity contribution in [1.82, 2.24) is 9.80 Å². The van der Waals surface area contributed by atoms with E-state index in [1.165, 1.54) is 23.1 Å². The molecule has 0 aromatic heterocycles. The average Bonchev–Trinajstić information content (AvgIpc) is 3.56. The van der Waals surface area contributed by atoms with Gasteiger partial charge < -0.3 is 32.1 Å². The van der Waals surface area contributed by atoms with Crippen molar-refractivity contribution in [2.24, 2.45) is 0 Å². The Bertz CT molecular complexity index is 1160. The maximum Gasteiger partial charge on any atom is 0.311 e. The summed E-state index contributed by atoms with van der Waals surface area (Å²) in [7, 11) is -6.32. The van der Waals surface area contributed by atoms with Crippen LogP contribution in [0.1, 0.15) is 79.1 Å². The van der Waals surface area contributed by atoms with Crippen molar-refractivity contribution in [2.75, 3.05) is 52.7 Å². The van der Waals surface area contributed by atoms with E-state index in [1.54, 1.807) is 11.0 Å². The van der Waals surface area contributed by atoms with E-state index in [1.807, 2.05) is 0 Å². The second kappa shape index (κ2) is 27.0. The van der Waals surface area contributed by atoms with E-state index in [9.17, 15) is 24.0 Å². The molecule has 16 heteroatoms. The minimum absolute atomic E-state index is 0. The van der Waals surface area contributed by atoms with Crippen LogP contribution in [0.25, 0.3) is 0 Å². The van der Waals surface area contributed by atoms with Crippen molar-refractivity contribution in [3.63, 3.8) is 0 Å². The summed E-state index contributed by atoms with van der Waals surface area (Å²) in [5.74, 6) is -1.09. The van der Waals surface area contributed by atoms with Crippen LogP contribution in [0, 0.1) is 0 Å². The maximum atomic E-state index is 12.0. The number of carbonyl (C=O) groups is 5. The van der Waals surface area contributed by atoms with E-state index in [-0.39, 0.29) is 57.7 Å². The van der Waals surface area contributed by atoms with Gasteiger partial charge in [0, 0.05) is 63.1 Å². The lowest BCUT2D eigenvalue weighted by Gasteiger charge is -2.38. The van der Waals surface area contributed by atoms with Gasteiger partial charge in [-0.15, -0.1) is 0 Å². The van der Waals surface area contributed by atoms with Crippen molar-refractivity contribution >= 4 is 54.9 Å². The molecular weight excluding hydrogens is 757 g/mol. The number of hydrogen-bond acceptors (Lipinski definition) is 11. The van der Waals surface area contributed by atoms with Crippen LogP contribution in [0.15, 0.2) is 36.6 Å². The maximum absolute atomic E-state index is 12.0. The number of imide groups is 1. The van der Waals surface area contributed by atoms with Crippen LogP contribution in [-0.2, 0) is 51.2 Å². The Hall–Kier alpha value is -2.74. The van der Waals surface area contributed by atoms with Crippen LogP contribution < -0.4 is 0 Å². The Balaban J connectivity index is 0.0000146. The molecule has 13 nitrogen and oxygen atoms in total. The smallest absolute Gasteiger partial charge is 0.311 e. The highest BCUT2D eigenvalue weighted by molar-refractivity contribution is 6.87. The minimum Gasteiger partial charge on any atom is -0.463 e. The number of esters is 2. The minimum atomic E-state index is -2.35. The molecule has 3 amide bonds. The van der Waals surface area contributed by atoms with Gasteiger partial charge in [-0.3, -0.25) is 28.9 Å². The molecule has 0 aliphatic carbocycles. The first-order chi connectivity index (χ1) is 25.0. The third kappa shape index (κ3) is 23.2. The lowest BCUT2D eigenvalue weighted by molar-refractivity contribution is -0.146. The third-order valence-corrected chi connectivity index (χ3v) is 20.1. The van der Waals surface area contributed by atoms with Gasteiger partial charge in [-0.2, -0.15) is 0 Å². The standard InChI is InChI=1S/C37H64N2O11Si3.2CH4/c1-32-18-19-33(40)38(32)22-12-8-10-16-36(43)47-28-26-45-24-14-30-51(2,3)49-53(6,7)50-52(4,5)31-15-25-46-27-29-48-37(44)17-11-9-13-23-39-34(41)20-21-35(39)42;;/h18-21H,1,8-17,22-31H2,2-7H3;2*1H4. The van der Waals surface area contributed by atoms with E-state index in [0.29, 0.717) is 65.2 Å². The lowest BCUT2D eigenvalue weighted by atomic mass is 10.2. The van der Waals surface area contributed by atoms with Crippen LogP contribution in [0.4, 0.5) is 0 Å². The largest absolute Gasteiger partial charge is 0.463 e. The monoisotopic (exact) mass is 828 g/mol. The molecule has 0 aromatic carbocycles. The molecule has 2 aliphatic rings. The molecule has 0 radical (unpaired) electrons. The molecule has 0 saturated heterocycles. The second-order valence-corrected chi connectivity index (χ2v) is 27.6. The summed E-state index contributed by atoms with van der Waals surface area (Å²) >= 11 is 0. The van der Waals surface area contributed by atoms with E-state index in [2.05, 4.69) is 45.9 Å². The van der Waals surface area contributed by atoms with E-state index in [4.69, 9.17) is 27.2 Å². The number of carbonyl (C=O) groups excluding carboxylic acids is 5. The SMILES string of the molecule is C.C.C=C1C=CC(=O)N1CCCCCC(=O)OCCOCCC[Si](C)(C)O[Si](C)(C)O[Si](C)(C)CCCOCCOC(=O)CCCCCN1C(=O)C=CC1=O. The summed E-state index contributed by atoms with van der Waals surface area (Å²) in [5, 5.41) is 0. The number of nitrogens with zero attached hydrogens (tertiary/aromatic N) is 2. The van der Waals surface area contributed by atoms with Crippen LogP contribution in [-0.4, -0.2) is 117 Å². The van der Waals surface area contributed by atoms with Crippen LogP contribution in [0.5, 0.6) is 0 Å². The fraction of sp³-hybridized carbons (Fsp3) is 0.718. The highest BCUT2D eigenvalue weighted by Gasteiger charge is 2.39. The summed E-state index contributed by atoms with van der Waals surface area (Å²) in [6.45, 7) is 20.3. The van der Waals surface area contributed by atoms with Crippen molar-refractivity contribution < 1.29 is 51.2 Å². The molecule has 0 atom stereocenters. The molecule has 0 N–H and O–H groups in total. The molecule has 0 aromatic rings. The highest BCUT2D eigenvalue weighted by atomic mass is 28.5. The number of ether oxygens (including phenoxy) is 4. The predicted molar refractivity (Wildman–Crippen MR) is 223 cm³/mol. The summed E-state index contributed by atoms with van der Waals surface area (Å²) in [6, 6.07) is 1.88. The average molecular weight is 829 g/mol. The summed E-state index contributed by atoms with van der Waals surface area (Å²) < 4.78 is 35.4. The summed E-state index contributed by atoms with van der Waals surface area (Å²) in [4.78, 5) is 61.6. The fourth-order valence-electron chi connectivity index (χ4n) is 6.26. The molecule has 55 heavy (non-hydrogen) atoms. The van der Waals surface area contributed by atoms with Gasteiger partial charge in [0.2, 0.25) is 0 Å². The number of unbranched alkanes of at least 4 members (excludes halogenated alkanes) is 4. The van der Waals surface area contributed by atoms with Gasteiger partial charge in [0.15, 0.2) is 16.6 Å². The lowest BCUT2D eigenvalue weighted by Crippen LogP contribution is -2.52. The van der Waals surface area contributed by atoms with Gasteiger partial charge in [0.25, 0.3) is 17.7 Å². The van der Waals surface area contributed by atoms with Crippen LogP contribution in [0.3, 0.4) is 0 Å². The molecule has 2 rings (SSSR count). The van der Waals surface area contributed by atoms with E-state index < -0.39 is 25.2 Å². The number of rotatable bonds is 30. The van der Waals surface area contributed by atoms with Crippen LogP contribution in [0.2, 0.25) is 51.4 Å². The van der Waals surface area contributed by atoms with Gasteiger partial charge in [-0.05, 0) is 96.0 Å². The Morgan fingerprint density at radius 3 is 1.36 bits per heavy atom. The molecule has 0 fully saturated rings. The van der Waals surface area contributed by atoms with Gasteiger partial charge in [-0.1, -0.05) is 34.3 Å². The number of amides is 3. The molecule has 0 spiro atoms. The zero-order valence-electron chi connectivity index (χ0n) is 33.0.